The van der Waals surface area contributed by atoms with Gasteiger partial charge in [0, 0.05) is 30.0 Å². The van der Waals surface area contributed by atoms with E-state index in [1.807, 2.05) is 30.3 Å². The SMILES string of the molecule is Nc1ncc(-c2cccc(C(=O)N[C@@H]3c4ccccc4C[C@@H]3O)c2)nc1-c1nnc([C@H]2CCCNC2)[nH]1. The van der Waals surface area contributed by atoms with Gasteiger partial charge in [0.25, 0.3) is 5.91 Å². The first kappa shape index (κ1) is 23.3. The number of carbonyl (C=O) groups is 1. The highest BCUT2D eigenvalue weighted by Crippen LogP contribution is 2.32. The summed E-state index contributed by atoms with van der Waals surface area (Å²) >= 11 is 0. The normalized spacial score (nSPS) is 20.9. The van der Waals surface area contributed by atoms with Gasteiger partial charge in [0.05, 0.1) is 24.0 Å². The van der Waals surface area contributed by atoms with Gasteiger partial charge in [-0.3, -0.25) is 4.79 Å². The molecule has 2 aliphatic rings. The Morgan fingerprint density at radius 1 is 1.14 bits per heavy atom. The number of nitrogens with one attached hydrogen (secondary N) is 3. The van der Waals surface area contributed by atoms with E-state index in [9.17, 15) is 9.90 Å². The molecule has 1 fully saturated rings. The van der Waals surface area contributed by atoms with Gasteiger partial charge in [-0.15, -0.1) is 10.2 Å². The number of piperidine rings is 1. The Bertz CT molecular complexity index is 1450. The minimum Gasteiger partial charge on any atom is -0.390 e. The van der Waals surface area contributed by atoms with E-state index < -0.39 is 12.1 Å². The Labute approximate surface area is 213 Å². The number of fused-ring (bicyclic) bond motifs is 1. The Morgan fingerprint density at radius 3 is 2.89 bits per heavy atom. The van der Waals surface area contributed by atoms with Crippen LogP contribution in [0.2, 0.25) is 0 Å². The van der Waals surface area contributed by atoms with E-state index in [-0.39, 0.29) is 17.6 Å². The second-order valence-corrected chi connectivity index (χ2v) is 9.59. The maximum atomic E-state index is 13.1. The predicted molar refractivity (Wildman–Crippen MR) is 138 cm³/mol. The van der Waals surface area contributed by atoms with Gasteiger partial charge in [0.2, 0.25) is 0 Å². The number of rotatable bonds is 5. The lowest BCUT2D eigenvalue weighted by molar-refractivity contribution is 0.0858. The molecule has 1 saturated heterocycles. The van der Waals surface area contributed by atoms with Crippen molar-refractivity contribution in [2.75, 3.05) is 18.8 Å². The zero-order valence-electron chi connectivity index (χ0n) is 20.2. The average Bonchev–Trinajstić information content (AvgIpc) is 3.54. The smallest absolute Gasteiger partial charge is 0.251 e. The van der Waals surface area contributed by atoms with Crippen LogP contribution in [-0.4, -0.2) is 55.4 Å². The molecule has 2 aromatic heterocycles. The summed E-state index contributed by atoms with van der Waals surface area (Å²) < 4.78 is 0. The lowest BCUT2D eigenvalue weighted by atomic mass is 9.99. The monoisotopic (exact) mass is 496 g/mol. The first-order valence-electron chi connectivity index (χ1n) is 12.5. The average molecular weight is 497 g/mol. The van der Waals surface area contributed by atoms with Crippen molar-refractivity contribution in [1.29, 1.82) is 0 Å². The molecule has 1 aliphatic carbocycles. The number of aromatic amines is 1. The number of hydrogen-bond acceptors (Lipinski definition) is 8. The zero-order chi connectivity index (χ0) is 25.4. The van der Waals surface area contributed by atoms with E-state index in [1.165, 1.54) is 0 Å². The summed E-state index contributed by atoms with van der Waals surface area (Å²) in [6, 6.07) is 14.5. The van der Waals surface area contributed by atoms with Crippen molar-refractivity contribution < 1.29 is 9.90 Å². The third-order valence-corrected chi connectivity index (χ3v) is 7.12. The highest BCUT2D eigenvalue weighted by molar-refractivity contribution is 5.95. The number of nitrogens with zero attached hydrogens (tertiary/aromatic N) is 4. The van der Waals surface area contributed by atoms with Crippen molar-refractivity contribution in [3.63, 3.8) is 0 Å². The summed E-state index contributed by atoms with van der Waals surface area (Å²) in [6.07, 6.45) is 3.57. The largest absolute Gasteiger partial charge is 0.390 e. The van der Waals surface area contributed by atoms with E-state index in [0.717, 1.165) is 42.9 Å². The molecule has 37 heavy (non-hydrogen) atoms. The molecule has 2 aromatic carbocycles. The van der Waals surface area contributed by atoms with Gasteiger partial charge in [0.1, 0.15) is 5.82 Å². The quantitative estimate of drug-likeness (QED) is 0.282. The van der Waals surface area contributed by atoms with Gasteiger partial charge >= 0.3 is 0 Å². The van der Waals surface area contributed by atoms with Crippen LogP contribution in [-0.2, 0) is 6.42 Å². The number of amides is 1. The summed E-state index contributed by atoms with van der Waals surface area (Å²) in [4.78, 5) is 25.4. The van der Waals surface area contributed by atoms with Crippen molar-refractivity contribution in [3.05, 3.63) is 77.2 Å². The molecule has 0 bridgehead atoms. The van der Waals surface area contributed by atoms with Crippen molar-refractivity contribution in [2.45, 2.75) is 37.3 Å². The third kappa shape index (κ3) is 4.56. The minimum absolute atomic E-state index is 0.246. The lowest BCUT2D eigenvalue weighted by Gasteiger charge is -2.20. The number of benzene rings is 2. The van der Waals surface area contributed by atoms with Crippen molar-refractivity contribution in [3.8, 4) is 22.8 Å². The summed E-state index contributed by atoms with van der Waals surface area (Å²) in [5, 5.41) is 25.5. The standard InChI is InChI=1S/C27H28N8O2/c28-24-23(26-33-25(34-35-26)18-8-4-10-29-13-18)31-20(14-30-24)16-6-3-7-17(11-16)27(37)32-22-19-9-2-1-5-15(19)12-21(22)36/h1-3,5-7,9,11,14,18,21-22,29,36H,4,8,10,12-13H2,(H2,28,30)(H,32,37)(H,33,34,35)/t18-,21-,22+/m0/s1. The van der Waals surface area contributed by atoms with Gasteiger partial charge in [0.15, 0.2) is 17.3 Å². The van der Waals surface area contributed by atoms with Crippen LogP contribution in [0.25, 0.3) is 22.8 Å². The molecule has 6 N–H and O–H groups in total. The zero-order valence-corrected chi connectivity index (χ0v) is 20.2. The molecule has 10 nitrogen and oxygen atoms in total. The highest BCUT2D eigenvalue weighted by Gasteiger charge is 2.32. The van der Waals surface area contributed by atoms with Crippen LogP contribution in [0.4, 0.5) is 5.82 Å². The summed E-state index contributed by atoms with van der Waals surface area (Å²) in [7, 11) is 0. The number of H-pyrrole nitrogens is 1. The van der Waals surface area contributed by atoms with Crippen LogP contribution in [0.15, 0.2) is 54.7 Å². The van der Waals surface area contributed by atoms with Gasteiger partial charge in [-0.2, -0.15) is 0 Å². The lowest BCUT2D eigenvalue weighted by Crippen LogP contribution is -2.33. The molecule has 0 saturated carbocycles. The van der Waals surface area contributed by atoms with Gasteiger partial charge in [-0.25, -0.2) is 9.97 Å². The number of aromatic nitrogens is 5. The molecule has 10 heteroatoms. The Hall–Kier alpha value is -4.15. The molecule has 3 heterocycles. The number of aliphatic hydroxyl groups excluding tert-OH is 1. The fourth-order valence-corrected chi connectivity index (χ4v) is 5.15. The van der Waals surface area contributed by atoms with Gasteiger partial charge in [-0.05, 0) is 42.6 Å². The molecule has 6 rings (SSSR count). The Kier molecular flexibility index (Phi) is 6.11. The summed E-state index contributed by atoms with van der Waals surface area (Å²) in [6.45, 7) is 1.87. The molecule has 0 unspecified atom stereocenters. The number of aliphatic hydroxyl groups is 1. The number of carbonyl (C=O) groups excluding carboxylic acids is 1. The van der Waals surface area contributed by atoms with Gasteiger partial charge < -0.3 is 26.5 Å². The first-order chi connectivity index (χ1) is 18.1. The van der Waals surface area contributed by atoms with Gasteiger partial charge in [-0.1, -0.05) is 36.4 Å². The Balaban J connectivity index is 1.24. The molecule has 0 spiro atoms. The number of hydrogen-bond donors (Lipinski definition) is 5. The van der Waals surface area contributed by atoms with Crippen LogP contribution < -0.4 is 16.4 Å². The molecule has 1 amide bonds. The topological polar surface area (TPSA) is 155 Å². The van der Waals surface area contributed by atoms with E-state index in [2.05, 4.69) is 30.8 Å². The second kappa shape index (κ2) is 9.72. The van der Waals surface area contributed by atoms with Crippen molar-refractivity contribution in [1.82, 2.24) is 35.8 Å². The molecular weight excluding hydrogens is 468 g/mol. The molecular formula is C27H28N8O2. The minimum atomic E-state index is -0.661. The fraction of sp³-hybridized carbons (Fsp3) is 0.296. The summed E-state index contributed by atoms with van der Waals surface area (Å²) in [5.41, 5.74) is 10.3. The third-order valence-electron chi connectivity index (χ3n) is 7.12. The molecule has 0 radical (unpaired) electrons. The van der Waals surface area contributed by atoms with E-state index in [4.69, 9.17) is 10.7 Å². The van der Waals surface area contributed by atoms with E-state index >= 15 is 0 Å². The van der Waals surface area contributed by atoms with Crippen molar-refractivity contribution in [2.24, 2.45) is 0 Å². The van der Waals surface area contributed by atoms with E-state index in [1.54, 1.807) is 24.4 Å². The molecule has 4 aromatic rings. The first-order valence-corrected chi connectivity index (χ1v) is 12.5. The van der Waals surface area contributed by atoms with Crippen LogP contribution in [0.1, 0.15) is 52.1 Å². The van der Waals surface area contributed by atoms with Crippen LogP contribution >= 0.6 is 0 Å². The predicted octanol–water partition coefficient (Wildman–Crippen LogP) is 2.37. The van der Waals surface area contributed by atoms with Crippen LogP contribution in [0.3, 0.4) is 0 Å². The molecule has 3 atom stereocenters. The fourth-order valence-electron chi connectivity index (χ4n) is 5.15. The van der Waals surface area contributed by atoms with Crippen molar-refractivity contribution >= 4 is 11.7 Å². The number of anilines is 1. The molecule has 188 valence electrons. The maximum Gasteiger partial charge on any atom is 0.251 e. The highest BCUT2D eigenvalue weighted by atomic mass is 16.3. The summed E-state index contributed by atoms with van der Waals surface area (Å²) in [5.74, 6) is 1.52. The van der Waals surface area contributed by atoms with Crippen LogP contribution in [0, 0.1) is 0 Å². The maximum absolute atomic E-state index is 13.1. The van der Waals surface area contributed by atoms with E-state index in [0.29, 0.717) is 34.8 Å². The second-order valence-electron chi connectivity index (χ2n) is 9.59. The number of nitrogens with two attached hydrogens (primary N) is 1. The molecule has 1 aliphatic heterocycles. The number of nitrogen functional groups attached to an aromatic ring is 1. The van der Waals surface area contributed by atoms with Crippen LogP contribution in [0.5, 0.6) is 0 Å². The Morgan fingerprint density at radius 2 is 2.03 bits per heavy atom.